The van der Waals surface area contributed by atoms with Crippen molar-refractivity contribution in [2.45, 2.75) is 19.6 Å². The second kappa shape index (κ2) is 7.54. The van der Waals surface area contributed by atoms with Crippen molar-refractivity contribution < 1.29 is 9.13 Å². The summed E-state index contributed by atoms with van der Waals surface area (Å²) in [5.74, 6) is -0.304. The quantitative estimate of drug-likeness (QED) is 0.710. The monoisotopic (exact) mass is 367 g/mol. The molecular weight excluding hydrogens is 345 g/mol. The van der Waals surface area contributed by atoms with Crippen molar-refractivity contribution in [3.63, 3.8) is 0 Å². The minimum atomic E-state index is -0.304. The third-order valence-corrected chi connectivity index (χ3v) is 5.01. The van der Waals surface area contributed by atoms with Crippen molar-refractivity contribution >= 4 is 0 Å². The Labute approximate surface area is 157 Å². The summed E-state index contributed by atoms with van der Waals surface area (Å²) in [5.41, 5.74) is 4.08. The van der Waals surface area contributed by atoms with Gasteiger partial charge in [0, 0.05) is 43.5 Å². The zero-order chi connectivity index (χ0) is 18.8. The molecule has 1 saturated heterocycles. The molecule has 1 fully saturated rings. The second-order valence-corrected chi connectivity index (χ2v) is 6.78. The first kappa shape index (κ1) is 17.8. The smallest absolute Gasteiger partial charge is 0.132 e. The van der Waals surface area contributed by atoms with E-state index in [1.807, 2.05) is 17.9 Å². The van der Waals surface area contributed by atoms with Crippen LogP contribution in [0, 0.1) is 12.7 Å². The Balaban J connectivity index is 1.52. The van der Waals surface area contributed by atoms with Gasteiger partial charge in [0.2, 0.25) is 0 Å². The van der Waals surface area contributed by atoms with Crippen molar-refractivity contribution in [1.82, 2.24) is 24.6 Å². The van der Waals surface area contributed by atoms with Crippen molar-refractivity contribution in [3.8, 4) is 11.3 Å². The maximum Gasteiger partial charge on any atom is 0.132 e. The van der Waals surface area contributed by atoms with E-state index in [9.17, 15) is 4.39 Å². The van der Waals surface area contributed by atoms with Crippen LogP contribution in [-0.2, 0) is 18.3 Å². The van der Waals surface area contributed by atoms with Crippen molar-refractivity contribution in [3.05, 3.63) is 65.6 Å². The zero-order valence-corrected chi connectivity index (χ0v) is 15.5. The molecule has 140 valence electrons. The van der Waals surface area contributed by atoms with Crippen molar-refractivity contribution in [1.29, 1.82) is 0 Å². The summed E-state index contributed by atoms with van der Waals surface area (Å²) in [6, 6.07) is 6.60. The lowest BCUT2D eigenvalue weighted by Crippen LogP contribution is -2.38. The standard InChI is InChI=1S/C20H22FN5O/c1-14-15(9-23-25(14)2)12-26-7-8-27-20(13-26)19-11-22-10-18(24-19)16-5-3-4-6-17(16)21/h3-6,9-11,20H,7-8,12-13H2,1-2H3. The number of rotatable bonds is 4. The molecule has 0 saturated carbocycles. The fourth-order valence-electron chi connectivity index (χ4n) is 3.30. The van der Waals surface area contributed by atoms with Gasteiger partial charge in [-0.1, -0.05) is 12.1 Å². The number of aryl methyl sites for hydroxylation is 1. The number of halogens is 1. The molecule has 27 heavy (non-hydrogen) atoms. The highest BCUT2D eigenvalue weighted by molar-refractivity contribution is 5.58. The first-order valence-electron chi connectivity index (χ1n) is 9.00. The van der Waals surface area contributed by atoms with E-state index in [2.05, 4.69) is 26.9 Å². The Morgan fingerprint density at radius 3 is 2.85 bits per heavy atom. The fraction of sp³-hybridized carbons (Fsp3) is 0.350. The van der Waals surface area contributed by atoms with Crippen molar-refractivity contribution in [2.75, 3.05) is 19.7 Å². The normalized spacial score (nSPS) is 18.0. The fourth-order valence-corrected chi connectivity index (χ4v) is 3.30. The number of aromatic nitrogens is 4. The second-order valence-electron chi connectivity index (χ2n) is 6.78. The van der Waals surface area contributed by atoms with Crippen LogP contribution < -0.4 is 0 Å². The van der Waals surface area contributed by atoms with Crippen LogP contribution in [0.25, 0.3) is 11.3 Å². The molecule has 0 spiro atoms. The maximum absolute atomic E-state index is 14.1. The van der Waals surface area contributed by atoms with Gasteiger partial charge in [0.25, 0.3) is 0 Å². The Hall–Kier alpha value is -2.64. The van der Waals surface area contributed by atoms with E-state index in [0.29, 0.717) is 24.4 Å². The lowest BCUT2D eigenvalue weighted by molar-refractivity contribution is -0.0351. The molecule has 0 radical (unpaired) electrons. The van der Waals surface area contributed by atoms with Crippen LogP contribution >= 0.6 is 0 Å². The lowest BCUT2D eigenvalue weighted by atomic mass is 10.1. The Morgan fingerprint density at radius 1 is 1.22 bits per heavy atom. The van der Waals surface area contributed by atoms with Crippen LogP contribution in [0.4, 0.5) is 4.39 Å². The van der Waals surface area contributed by atoms with Gasteiger partial charge < -0.3 is 4.74 Å². The molecule has 1 aliphatic heterocycles. The van der Waals surface area contributed by atoms with Crippen LogP contribution in [0.1, 0.15) is 23.1 Å². The molecule has 0 aliphatic carbocycles. The molecule has 0 bridgehead atoms. The molecule has 1 aliphatic rings. The highest BCUT2D eigenvalue weighted by atomic mass is 19.1. The summed E-state index contributed by atoms with van der Waals surface area (Å²) in [5, 5.41) is 4.31. The molecule has 1 unspecified atom stereocenters. The maximum atomic E-state index is 14.1. The van der Waals surface area contributed by atoms with Gasteiger partial charge in [0.05, 0.1) is 36.6 Å². The number of morpholine rings is 1. The molecule has 4 rings (SSSR count). The van der Waals surface area contributed by atoms with Crippen LogP contribution in [0.3, 0.4) is 0 Å². The third-order valence-electron chi connectivity index (χ3n) is 5.01. The Morgan fingerprint density at radius 2 is 2.07 bits per heavy atom. The molecule has 0 amide bonds. The van der Waals surface area contributed by atoms with Crippen LogP contribution in [0.5, 0.6) is 0 Å². The van der Waals surface area contributed by atoms with Gasteiger partial charge in [-0.05, 0) is 19.1 Å². The Bertz CT molecular complexity index is 942. The van der Waals surface area contributed by atoms with Crippen LogP contribution in [-0.4, -0.2) is 44.3 Å². The summed E-state index contributed by atoms with van der Waals surface area (Å²) in [4.78, 5) is 11.2. The van der Waals surface area contributed by atoms with E-state index in [1.54, 1.807) is 30.6 Å². The number of ether oxygens (including phenoxy) is 1. The molecule has 3 aromatic rings. The van der Waals surface area contributed by atoms with E-state index in [-0.39, 0.29) is 11.9 Å². The average Bonchev–Trinajstić information content (AvgIpc) is 3.01. The highest BCUT2D eigenvalue weighted by Crippen LogP contribution is 2.25. The largest absolute Gasteiger partial charge is 0.369 e. The lowest BCUT2D eigenvalue weighted by Gasteiger charge is -2.32. The van der Waals surface area contributed by atoms with Crippen molar-refractivity contribution in [2.24, 2.45) is 7.05 Å². The topological polar surface area (TPSA) is 56.1 Å². The number of benzene rings is 1. The summed E-state index contributed by atoms with van der Waals surface area (Å²) < 4.78 is 21.9. The SMILES string of the molecule is Cc1c(CN2CCOC(c3cncc(-c4ccccc4F)n3)C2)cnn1C. The van der Waals surface area contributed by atoms with E-state index in [0.717, 1.165) is 18.8 Å². The van der Waals surface area contributed by atoms with E-state index >= 15 is 0 Å². The van der Waals surface area contributed by atoms with Gasteiger partial charge in [0.1, 0.15) is 11.9 Å². The van der Waals surface area contributed by atoms with Gasteiger partial charge in [-0.2, -0.15) is 5.10 Å². The molecule has 3 heterocycles. The predicted molar refractivity (Wildman–Crippen MR) is 99.3 cm³/mol. The van der Waals surface area contributed by atoms with Gasteiger partial charge in [-0.25, -0.2) is 9.37 Å². The molecular formula is C20H22FN5O. The van der Waals surface area contributed by atoms with Crippen LogP contribution in [0.2, 0.25) is 0 Å². The van der Waals surface area contributed by atoms with Gasteiger partial charge in [-0.15, -0.1) is 0 Å². The first-order chi connectivity index (χ1) is 13.1. The molecule has 0 N–H and O–H groups in total. The molecule has 1 atom stereocenters. The number of nitrogens with zero attached hydrogens (tertiary/aromatic N) is 5. The summed E-state index contributed by atoms with van der Waals surface area (Å²) >= 11 is 0. The molecule has 2 aromatic heterocycles. The summed E-state index contributed by atoms with van der Waals surface area (Å²) in [7, 11) is 1.95. The molecule has 6 nitrogen and oxygen atoms in total. The van der Waals surface area contributed by atoms with E-state index < -0.39 is 0 Å². The minimum Gasteiger partial charge on any atom is -0.369 e. The number of hydrogen-bond donors (Lipinski definition) is 0. The van der Waals surface area contributed by atoms with Gasteiger partial charge >= 0.3 is 0 Å². The predicted octanol–water partition coefficient (Wildman–Crippen LogP) is 2.90. The number of hydrogen-bond acceptors (Lipinski definition) is 5. The van der Waals surface area contributed by atoms with E-state index in [4.69, 9.17) is 4.74 Å². The molecule has 7 heteroatoms. The Kier molecular flexibility index (Phi) is 4.96. The summed E-state index contributed by atoms with van der Waals surface area (Å²) in [6.07, 6.45) is 5.02. The summed E-state index contributed by atoms with van der Waals surface area (Å²) in [6.45, 7) is 5.08. The van der Waals surface area contributed by atoms with Crippen LogP contribution in [0.15, 0.2) is 42.9 Å². The van der Waals surface area contributed by atoms with E-state index in [1.165, 1.54) is 17.3 Å². The van der Waals surface area contributed by atoms with Gasteiger partial charge in [0.15, 0.2) is 0 Å². The zero-order valence-electron chi connectivity index (χ0n) is 15.5. The minimum absolute atomic E-state index is 0.185. The molecule has 1 aromatic carbocycles. The highest BCUT2D eigenvalue weighted by Gasteiger charge is 2.24. The van der Waals surface area contributed by atoms with Gasteiger partial charge in [-0.3, -0.25) is 14.6 Å². The average molecular weight is 367 g/mol. The third kappa shape index (κ3) is 3.74. The first-order valence-corrected chi connectivity index (χ1v) is 9.00.